The van der Waals surface area contributed by atoms with Gasteiger partial charge in [0, 0.05) is 28.9 Å². The topological polar surface area (TPSA) is 62.5 Å². The number of hydrogen-bond donors (Lipinski definition) is 1. The van der Waals surface area contributed by atoms with E-state index in [0.717, 1.165) is 46.5 Å². The smallest absolute Gasteiger partial charge is 0.224 e. The molecule has 6 heteroatoms. The van der Waals surface area contributed by atoms with Crippen molar-refractivity contribution < 1.29 is 4.79 Å². The van der Waals surface area contributed by atoms with Crippen LogP contribution in [0.2, 0.25) is 0 Å². The van der Waals surface area contributed by atoms with Gasteiger partial charge in [-0.05, 0) is 53.0 Å². The lowest BCUT2D eigenvalue weighted by atomic mass is 10.1. The summed E-state index contributed by atoms with van der Waals surface area (Å²) in [6, 6.07) is 7.97. The number of aromatic nitrogens is 3. The lowest BCUT2D eigenvalue weighted by Crippen LogP contribution is -2.29. The second-order valence-electron chi connectivity index (χ2n) is 6.70. The van der Waals surface area contributed by atoms with Gasteiger partial charge in [-0.15, -0.1) is 0 Å². The summed E-state index contributed by atoms with van der Waals surface area (Å²) in [4.78, 5) is 19.1. The minimum atomic E-state index is 0.0304. The van der Waals surface area contributed by atoms with E-state index in [0.29, 0.717) is 13.0 Å². The number of benzene rings is 1. The van der Waals surface area contributed by atoms with Gasteiger partial charge in [-0.3, -0.25) is 4.79 Å². The summed E-state index contributed by atoms with van der Waals surface area (Å²) in [6.07, 6.45) is 1.28. The van der Waals surface area contributed by atoms with Crippen molar-refractivity contribution in [3.63, 3.8) is 0 Å². The van der Waals surface area contributed by atoms with Gasteiger partial charge in [-0.25, -0.2) is 9.50 Å². The van der Waals surface area contributed by atoms with Crippen molar-refractivity contribution >= 4 is 22.5 Å². The molecule has 2 aromatic heterocycles. The van der Waals surface area contributed by atoms with E-state index in [1.54, 1.807) is 0 Å². The number of aryl methyl sites for hydroxylation is 2. The first-order chi connectivity index (χ1) is 12.0. The van der Waals surface area contributed by atoms with Crippen molar-refractivity contribution in [2.75, 3.05) is 27.2 Å². The SMILES string of the molecule is Cc1nc2c3ccccc3nn2c(C)c1CC(=O)NCCCN(C)C. The van der Waals surface area contributed by atoms with Gasteiger partial charge in [-0.1, -0.05) is 12.1 Å². The molecule has 0 spiro atoms. The van der Waals surface area contributed by atoms with Gasteiger partial charge in [0.25, 0.3) is 0 Å². The Morgan fingerprint density at radius 2 is 2.00 bits per heavy atom. The lowest BCUT2D eigenvalue weighted by molar-refractivity contribution is -0.120. The van der Waals surface area contributed by atoms with Crippen LogP contribution < -0.4 is 5.32 Å². The van der Waals surface area contributed by atoms with Crippen molar-refractivity contribution in [2.24, 2.45) is 0 Å². The van der Waals surface area contributed by atoms with Gasteiger partial charge in [0.15, 0.2) is 5.65 Å². The summed E-state index contributed by atoms with van der Waals surface area (Å²) in [5.41, 5.74) is 4.58. The van der Waals surface area contributed by atoms with E-state index in [1.807, 2.05) is 56.7 Å². The van der Waals surface area contributed by atoms with Crippen LogP contribution in [0, 0.1) is 13.8 Å². The third-order valence-electron chi connectivity index (χ3n) is 4.46. The van der Waals surface area contributed by atoms with Crippen LogP contribution in [0.3, 0.4) is 0 Å². The zero-order chi connectivity index (χ0) is 18.0. The van der Waals surface area contributed by atoms with Gasteiger partial charge in [0.05, 0.1) is 11.9 Å². The van der Waals surface area contributed by atoms with E-state index in [9.17, 15) is 4.79 Å². The summed E-state index contributed by atoms with van der Waals surface area (Å²) < 4.78 is 1.85. The first kappa shape index (κ1) is 17.4. The number of carbonyl (C=O) groups excluding carboxylic acids is 1. The van der Waals surface area contributed by atoms with E-state index < -0.39 is 0 Å². The number of fused-ring (bicyclic) bond motifs is 3. The molecule has 0 radical (unpaired) electrons. The molecule has 0 fully saturated rings. The zero-order valence-electron chi connectivity index (χ0n) is 15.3. The van der Waals surface area contributed by atoms with Crippen LogP contribution in [0.1, 0.15) is 23.4 Å². The highest BCUT2D eigenvalue weighted by atomic mass is 16.1. The molecule has 3 rings (SSSR count). The summed E-state index contributed by atoms with van der Waals surface area (Å²) in [6.45, 7) is 5.62. The molecule has 1 N–H and O–H groups in total. The van der Waals surface area contributed by atoms with Crippen LogP contribution in [-0.2, 0) is 11.2 Å². The van der Waals surface area contributed by atoms with Gasteiger partial charge >= 0.3 is 0 Å². The Labute approximate surface area is 147 Å². The Kier molecular flexibility index (Phi) is 4.99. The molecule has 3 aromatic rings. The van der Waals surface area contributed by atoms with Crippen molar-refractivity contribution in [1.82, 2.24) is 24.8 Å². The molecule has 0 saturated carbocycles. The highest BCUT2D eigenvalue weighted by Gasteiger charge is 2.16. The summed E-state index contributed by atoms with van der Waals surface area (Å²) in [5, 5.41) is 8.66. The molecule has 132 valence electrons. The molecule has 0 aliphatic rings. The second kappa shape index (κ2) is 7.19. The highest BCUT2D eigenvalue weighted by Crippen LogP contribution is 2.22. The maximum atomic E-state index is 12.3. The molecule has 0 aliphatic carbocycles. The molecular formula is C19H25N5O. The largest absolute Gasteiger partial charge is 0.356 e. The molecule has 0 atom stereocenters. The average molecular weight is 339 g/mol. The maximum absolute atomic E-state index is 12.3. The Balaban J connectivity index is 1.82. The van der Waals surface area contributed by atoms with E-state index in [4.69, 9.17) is 4.98 Å². The van der Waals surface area contributed by atoms with Crippen LogP contribution in [0.5, 0.6) is 0 Å². The molecule has 0 saturated heterocycles. The van der Waals surface area contributed by atoms with Crippen LogP contribution in [0.25, 0.3) is 16.6 Å². The molecule has 0 aliphatic heterocycles. The minimum absolute atomic E-state index is 0.0304. The fourth-order valence-electron chi connectivity index (χ4n) is 3.08. The molecular weight excluding hydrogens is 314 g/mol. The van der Waals surface area contributed by atoms with E-state index in [1.165, 1.54) is 0 Å². The standard InChI is InChI=1S/C19H25N5O/c1-13-16(12-18(25)20-10-7-11-23(3)4)14(2)24-19(21-13)15-8-5-6-9-17(15)22-24/h5-6,8-9H,7,10-12H2,1-4H3,(H,20,25). The predicted octanol–water partition coefficient (Wildman–Crippen LogP) is 2.11. The monoisotopic (exact) mass is 339 g/mol. The van der Waals surface area contributed by atoms with E-state index >= 15 is 0 Å². The summed E-state index contributed by atoms with van der Waals surface area (Å²) in [7, 11) is 4.06. The van der Waals surface area contributed by atoms with Gasteiger partial charge in [-0.2, -0.15) is 5.10 Å². The number of nitrogens with one attached hydrogen (secondary N) is 1. The first-order valence-electron chi connectivity index (χ1n) is 8.62. The Hall–Kier alpha value is -2.47. The van der Waals surface area contributed by atoms with Crippen molar-refractivity contribution in [1.29, 1.82) is 0 Å². The Bertz CT molecular complexity index is 913. The zero-order valence-corrected chi connectivity index (χ0v) is 15.3. The average Bonchev–Trinajstić information content (AvgIpc) is 2.94. The van der Waals surface area contributed by atoms with E-state index in [2.05, 4.69) is 15.3 Å². The van der Waals surface area contributed by atoms with Crippen molar-refractivity contribution in [2.45, 2.75) is 26.7 Å². The molecule has 2 heterocycles. The fourth-order valence-corrected chi connectivity index (χ4v) is 3.08. The Morgan fingerprint density at radius 1 is 1.24 bits per heavy atom. The predicted molar refractivity (Wildman–Crippen MR) is 99.9 cm³/mol. The van der Waals surface area contributed by atoms with Crippen LogP contribution in [-0.4, -0.2) is 52.6 Å². The number of amides is 1. The van der Waals surface area contributed by atoms with E-state index in [-0.39, 0.29) is 5.91 Å². The quantitative estimate of drug-likeness (QED) is 0.699. The Morgan fingerprint density at radius 3 is 2.76 bits per heavy atom. The number of hydrogen-bond acceptors (Lipinski definition) is 4. The minimum Gasteiger partial charge on any atom is -0.356 e. The normalized spacial score (nSPS) is 11.6. The van der Waals surface area contributed by atoms with Crippen LogP contribution in [0.4, 0.5) is 0 Å². The number of nitrogens with zero attached hydrogens (tertiary/aromatic N) is 4. The third kappa shape index (κ3) is 3.64. The molecule has 1 amide bonds. The third-order valence-corrected chi connectivity index (χ3v) is 4.46. The summed E-state index contributed by atoms with van der Waals surface area (Å²) in [5.74, 6) is 0.0304. The first-order valence-corrected chi connectivity index (χ1v) is 8.62. The van der Waals surface area contributed by atoms with Crippen molar-refractivity contribution in [3.05, 3.63) is 41.2 Å². The lowest BCUT2D eigenvalue weighted by Gasteiger charge is -2.12. The maximum Gasteiger partial charge on any atom is 0.224 e. The fraction of sp³-hybridized carbons (Fsp3) is 0.421. The van der Waals surface area contributed by atoms with Crippen LogP contribution >= 0.6 is 0 Å². The van der Waals surface area contributed by atoms with Gasteiger partial charge < -0.3 is 10.2 Å². The van der Waals surface area contributed by atoms with Gasteiger partial charge in [0.2, 0.25) is 5.91 Å². The van der Waals surface area contributed by atoms with Crippen molar-refractivity contribution in [3.8, 4) is 0 Å². The van der Waals surface area contributed by atoms with Crippen LogP contribution in [0.15, 0.2) is 24.3 Å². The molecule has 1 aromatic carbocycles. The molecule has 6 nitrogen and oxygen atoms in total. The molecule has 0 bridgehead atoms. The summed E-state index contributed by atoms with van der Waals surface area (Å²) >= 11 is 0. The second-order valence-corrected chi connectivity index (χ2v) is 6.70. The number of carbonyl (C=O) groups is 1. The molecule has 25 heavy (non-hydrogen) atoms. The molecule has 0 unspecified atom stereocenters. The highest BCUT2D eigenvalue weighted by molar-refractivity contribution is 5.92. The number of rotatable bonds is 6. The van der Waals surface area contributed by atoms with Gasteiger partial charge in [0.1, 0.15) is 0 Å².